The van der Waals surface area contributed by atoms with E-state index in [1.807, 2.05) is 0 Å². The van der Waals surface area contributed by atoms with E-state index in [-0.39, 0.29) is 24.1 Å². The molecular weight excluding hydrogens is 222 g/mol. The smallest absolute Gasteiger partial charge is 0.269 e. The second-order valence-corrected chi connectivity index (χ2v) is 4.05. The molecule has 0 radical (unpaired) electrons. The predicted octanol–water partition coefficient (Wildman–Crippen LogP) is -0.610. The number of carbonyl (C=O) groups excluding carboxylic acids is 2. The first-order chi connectivity index (χ1) is 8.15. The zero-order chi connectivity index (χ0) is 12.3. The van der Waals surface area contributed by atoms with Gasteiger partial charge in [-0.1, -0.05) is 0 Å². The van der Waals surface area contributed by atoms with Crippen molar-refractivity contribution >= 4 is 17.6 Å². The Morgan fingerprint density at radius 3 is 2.88 bits per heavy atom. The van der Waals surface area contributed by atoms with Gasteiger partial charge >= 0.3 is 0 Å². The minimum atomic E-state index is -0.312. The molecule has 2 amide bonds. The molecule has 7 nitrogen and oxygen atoms in total. The summed E-state index contributed by atoms with van der Waals surface area (Å²) < 4.78 is 0. The number of carbonyl (C=O) groups is 2. The van der Waals surface area contributed by atoms with Crippen molar-refractivity contribution < 1.29 is 9.59 Å². The Bertz CT molecular complexity index is 424. The Labute approximate surface area is 98.1 Å². The Kier molecular flexibility index (Phi) is 3.27. The molecule has 1 aromatic heterocycles. The molecule has 0 unspecified atom stereocenters. The number of anilines is 1. The molecule has 1 aliphatic rings. The molecule has 0 atom stereocenters. The molecule has 92 valence electrons. The van der Waals surface area contributed by atoms with Crippen LogP contribution in [0.1, 0.15) is 29.8 Å². The van der Waals surface area contributed by atoms with Gasteiger partial charge in [-0.05, 0) is 12.8 Å². The topological polar surface area (TPSA) is 113 Å². The maximum atomic E-state index is 11.5. The third-order valence-electron chi connectivity index (χ3n) is 2.42. The summed E-state index contributed by atoms with van der Waals surface area (Å²) >= 11 is 0. The van der Waals surface area contributed by atoms with E-state index in [2.05, 4.69) is 20.8 Å². The fraction of sp³-hybridized carbons (Fsp3) is 0.500. The van der Waals surface area contributed by atoms with Crippen molar-refractivity contribution in [1.82, 2.24) is 20.8 Å². The Hall–Kier alpha value is -2.05. The first kappa shape index (κ1) is 11.4. The molecule has 1 fully saturated rings. The monoisotopic (exact) mass is 237 g/mol. The zero-order valence-electron chi connectivity index (χ0n) is 9.32. The number of hydrogen-bond acceptors (Lipinski definition) is 4. The number of rotatable bonds is 5. The number of hydrogen-bond donors (Lipinski definition) is 4. The molecule has 1 saturated carbocycles. The van der Waals surface area contributed by atoms with Crippen LogP contribution in [0.25, 0.3) is 0 Å². The van der Waals surface area contributed by atoms with Crippen molar-refractivity contribution in [2.24, 2.45) is 0 Å². The lowest BCUT2D eigenvalue weighted by molar-refractivity contribution is -0.121. The Morgan fingerprint density at radius 1 is 1.53 bits per heavy atom. The molecule has 1 heterocycles. The molecule has 7 heteroatoms. The molecule has 0 aliphatic heterocycles. The summed E-state index contributed by atoms with van der Waals surface area (Å²) in [7, 11) is 0. The Morgan fingerprint density at radius 2 is 2.29 bits per heavy atom. The standard InChI is InChI=1S/C10H15N5O2/c11-8-5-7(14-15-8)10(17)12-4-3-9(16)13-6-1-2-6/h5-6H,1-4H2,(H,12,17)(H,13,16)(H3,11,14,15). The van der Waals surface area contributed by atoms with E-state index in [0.29, 0.717) is 18.3 Å². The normalized spacial score (nSPS) is 14.4. The van der Waals surface area contributed by atoms with Crippen LogP contribution in [0.2, 0.25) is 0 Å². The number of nitrogens with zero attached hydrogens (tertiary/aromatic N) is 1. The second-order valence-electron chi connectivity index (χ2n) is 4.05. The minimum absolute atomic E-state index is 0.0306. The van der Waals surface area contributed by atoms with Crippen molar-refractivity contribution in [3.05, 3.63) is 11.8 Å². The van der Waals surface area contributed by atoms with Gasteiger partial charge in [-0.2, -0.15) is 5.10 Å². The predicted molar refractivity (Wildman–Crippen MR) is 61.1 cm³/mol. The van der Waals surface area contributed by atoms with Crippen LogP contribution < -0.4 is 16.4 Å². The van der Waals surface area contributed by atoms with Gasteiger partial charge in [-0.25, -0.2) is 0 Å². The van der Waals surface area contributed by atoms with Gasteiger partial charge in [-0.3, -0.25) is 14.7 Å². The third kappa shape index (κ3) is 3.47. The van der Waals surface area contributed by atoms with Gasteiger partial charge in [0.15, 0.2) is 0 Å². The van der Waals surface area contributed by atoms with Gasteiger partial charge in [0, 0.05) is 25.1 Å². The van der Waals surface area contributed by atoms with Crippen LogP contribution in [0.3, 0.4) is 0 Å². The van der Waals surface area contributed by atoms with E-state index < -0.39 is 0 Å². The van der Waals surface area contributed by atoms with E-state index in [0.717, 1.165) is 12.8 Å². The number of aromatic nitrogens is 2. The number of amides is 2. The molecular formula is C10H15N5O2. The summed E-state index contributed by atoms with van der Waals surface area (Å²) in [4.78, 5) is 22.8. The zero-order valence-corrected chi connectivity index (χ0v) is 9.32. The average Bonchev–Trinajstić information content (AvgIpc) is 2.97. The summed E-state index contributed by atoms with van der Waals surface area (Å²) in [6.45, 7) is 0.302. The summed E-state index contributed by atoms with van der Waals surface area (Å²) in [5, 5.41) is 11.6. The molecule has 5 N–H and O–H groups in total. The van der Waals surface area contributed by atoms with Crippen LogP contribution >= 0.6 is 0 Å². The number of nitrogens with one attached hydrogen (secondary N) is 3. The van der Waals surface area contributed by atoms with Crippen molar-refractivity contribution in [3.8, 4) is 0 Å². The lowest BCUT2D eigenvalue weighted by atomic mass is 10.3. The van der Waals surface area contributed by atoms with Crippen molar-refractivity contribution in [2.45, 2.75) is 25.3 Å². The summed E-state index contributed by atoms with van der Waals surface area (Å²) in [5.41, 5.74) is 5.66. The highest BCUT2D eigenvalue weighted by Gasteiger charge is 2.22. The Balaban J connectivity index is 1.67. The highest BCUT2D eigenvalue weighted by Crippen LogP contribution is 2.18. The van der Waals surface area contributed by atoms with Gasteiger partial charge in [0.05, 0.1) is 0 Å². The summed E-state index contributed by atoms with van der Waals surface area (Å²) in [6.07, 6.45) is 2.41. The van der Waals surface area contributed by atoms with Gasteiger partial charge < -0.3 is 16.4 Å². The van der Waals surface area contributed by atoms with E-state index >= 15 is 0 Å². The quantitative estimate of drug-likeness (QED) is 0.547. The van der Waals surface area contributed by atoms with Gasteiger partial charge in [0.25, 0.3) is 5.91 Å². The van der Waals surface area contributed by atoms with Crippen LogP contribution in [-0.2, 0) is 4.79 Å². The van der Waals surface area contributed by atoms with Crippen LogP contribution in [-0.4, -0.2) is 34.6 Å². The lowest BCUT2D eigenvalue weighted by Gasteiger charge is -2.04. The largest absolute Gasteiger partial charge is 0.382 e. The minimum Gasteiger partial charge on any atom is -0.382 e. The SMILES string of the molecule is Nc1cc(C(=O)NCCC(=O)NC2CC2)[nH]n1. The van der Waals surface area contributed by atoms with Crippen LogP contribution in [0.4, 0.5) is 5.82 Å². The number of H-pyrrole nitrogens is 1. The fourth-order valence-electron chi connectivity index (χ4n) is 1.37. The number of nitrogen functional groups attached to an aromatic ring is 1. The lowest BCUT2D eigenvalue weighted by Crippen LogP contribution is -2.31. The molecule has 0 spiro atoms. The van der Waals surface area contributed by atoms with Gasteiger partial charge in [0.1, 0.15) is 11.5 Å². The first-order valence-corrected chi connectivity index (χ1v) is 5.53. The third-order valence-corrected chi connectivity index (χ3v) is 2.42. The molecule has 0 bridgehead atoms. The van der Waals surface area contributed by atoms with E-state index in [9.17, 15) is 9.59 Å². The first-order valence-electron chi connectivity index (χ1n) is 5.53. The highest BCUT2D eigenvalue weighted by molar-refractivity contribution is 5.93. The molecule has 1 aromatic rings. The van der Waals surface area contributed by atoms with E-state index in [1.165, 1.54) is 6.07 Å². The fourth-order valence-corrected chi connectivity index (χ4v) is 1.37. The molecule has 2 rings (SSSR count). The molecule has 0 aromatic carbocycles. The maximum absolute atomic E-state index is 11.5. The highest BCUT2D eigenvalue weighted by atomic mass is 16.2. The van der Waals surface area contributed by atoms with Crippen LogP contribution in [0.5, 0.6) is 0 Å². The number of nitrogens with two attached hydrogens (primary N) is 1. The van der Waals surface area contributed by atoms with Gasteiger partial charge in [0.2, 0.25) is 5.91 Å². The summed E-state index contributed by atoms with van der Waals surface area (Å²) in [6, 6.07) is 1.80. The van der Waals surface area contributed by atoms with E-state index in [4.69, 9.17) is 5.73 Å². The van der Waals surface area contributed by atoms with Crippen LogP contribution in [0.15, 0.2) is 6.07 Å². The second kappa shape index (κ2) is 4.86. The molecule has 1 aliphatic carbocycles. The van der Waals surface area contributed by atoms with Crippen LogP contribution in [0, 0.1) is 0 Å². The van der Waals surface area contributed by atoms with Crippen molar-refractivity contribution in [2.75, 3.05) is 12.3 Å². The molecule has 17 heavy (non-hydrogen) atoms. The average molecular weight is 237 g/mol. The molecule has 0 saturated heterocycles. The van der Waals surface area contributed by atoms with Crippen molar-refractivity contribution in [3.63, 3.8) is 0 Å². The number of aromatic amines is 1. The van der Waals surface area contributed by atoms with E-state index in [1.54, 1.807) is 0 Å². The van der Waals surface area contributed by atoms with Crippen molar-refractivity contribution in [1.29, 1.82) is 0 Å². The summed E-state index contributed by atoms with van der Waals surface area (Å²) in [5.74, 6) is -0.0769. The maximum Gasteiger partial charge on any atom is 0.269 e. The van der Waals surface area contributed by atoms with Gasteiger partial charge in [-0.15, -0.1) is 0 Å².